The van der Waals surface area contributed by atoms with Gasteiger partial charge in [0.25, 0.3) is 5.91 Å². The average Bonchev–Trinajstić information content (AvgIpc) is 2.49. The number of esters is 1. The molecule has 2 rings (SSSR count). The lowest BCUT2D eigenvalue weighted by molar-refractivity contribution is -0.123. The van der Waals surface area contributed by atoms with Gasteiger partial charge < -0.3 is 10.1 Å². The Hall–Kier alpha value is -2.33. The summed E-state index contributed by atoms with van der Waals surface area (Å²) in [6.07, 6.45) is -0.909. The van der Waals surface area contributed by atoms with Crippen LogP contribution in [0.5, 0.6) is 0 Å². The molecule has 0 fully saturated rings. The minimum absolute atomic E-state index is 0.308. The molecule has 114 valence electrons. The number of rotatable bonds is 4. The molecule has 5 heteroatoms. The number of aryl methyl sites for hydroxylation is 1. The van der Waals surface area contributed by atoms with Crippen LogP contribution < -0.4 is 5.32 Å². The van der Waals surface area contributed by atoms with E-state index in [4.69, 9.17) is 16.3 Å². The van der Waals surface area contributed by atoms with Crippen molar-refractivity contribution in [3.63, 3.8) is 0 Å². The molecule has 0 aliphatic carbocycles. The largest absolute Gasteiger partial charge is 0.449 e. The normalized spacial score (nSPS) is 11.6. The molecule has 0 aliphatic heterocycles. The predicted octanol–water partition coefficient (Wildman–Crippen LogP) is 3.83. The highest BCUT2D eigenvalue weighted by molar-refractivity contribution is 6.30. The van der Waals surface area contributed by atoms with Crippen LogP contribution in [0.1, 0.15) is 22.8 Å². The lowest BCUT2D eigenvalue weighted by Gasteiger charge is -2.13. The topological polar surface area (TPSA) is 55.4 Å². The van der Waals surface area contributed by atoms with Gasteiger partial charge in [0.15, 0.2) is 6.10 Å². The first kappa shape index (κ1) is 16.0. The first-order valence-corrected chi connectivity index (χ1v) is 7.17. The van der Waals surface area contributed by atoms with Gasteiger partial charge in [-0.25, -0.2) is 4.79 Å². The maximum Gasteiger partial charge on any atom is 0.338 e. The highest BCUT2D eigenvalue weighted by Crippen LogP contribution is 2.13. The summed E-state index contributed by atoms with van der Waals surface area (Å²) in [5, 5.41) is 3.13. The Morgan fingerprint density at radius 3 is 2.45 bits per heavy atom. The van der Waals surface area contributed by atoms with E-state index in [0.717, 1.165) is 5.56 Å². The zero-order valence-electron chi connectivity index (χ0n) is 12.3. The molecule has 0 aromatic heterocycles. The molecule has 0 radical (unpaired) electrons. The van der Waals surface area contributed by atoms with Crippen LogP contribution in [0.3, 0.4) is 0 Å². The summed E-state index contributed by atoms with van der Waals surface area (Å²) in [5.41, 5.74) is 2.06. The third kappa shape index (κ3) is 4.33. The zero-order chi connectivity index (χ0) is 16.1. The van der Waals surface area contributed by atoms with Crippen LogP contribution in [-0.2, 0) is 9.53 Å². The molecule has 22 heavy (non-hydrogen) atoms. The smallest absolute Gasteiger partial charge is 0.338 e. The molecular formula is C17H16ClNO3. The van der Waals surface area contributed by atoms with Crippen LogP contribution in [0.15, 0.2) is 48.5 Å². The molecule has 0 saturated carbocycles. The number of ether oxygens (including phenoxy) is 1. The van der Waals surface area contributed by atoms with Crippen molar-refractivity contribution in [3.8, 4) is 0 Å². The van der Waals surface area contributed by atoms with E-state index in [2.05, 4.69) is 5.32 Å². The Kier molecular flexibility index (Phi) is 5.17. The van der Waals surface area contributed by atoms with Crippen molar-refractivity contribution in [1.82, 2.24) is 0 Å². The summed E-state index contributed by atoms with van der Waals surface area (Å²) in [4.78, 5) is 24.0. The van der Waals surface area contributed by atoms with Crippen molar-refractivity contribution in [3.05, 3.63) is 64.7 Å². The molecule has 0 bridgehead atoms. The molecule has 1 atom stereocenters. The van der Waals surface area contributed by atoms with Gasteiger partial charge in [0.2, 0.25) is 0 Å². The average molecular weight is 318 g/mol. The maximum atomic E-state index is 12.0. The second-order valence-corrected chi connectivity index (χ2v) is 5.35. The molecule has 0 aliphatic rings. The quantitative estimate of drug-likeness (QED) is 0.872. The number of nitrogens with one attached hydrogen (secondary N) is 1. The van der Waals surface area contributed by atoms with E-state index < -0.39 is 12.1 Å². The highest BCUT2D eigenvalue weighted by atomic mass is 35.5. The highest BCUT2D eigenvalue weighted by Gasteiger charge is 2.19. The standard InChI is InChI=1S/C17H16ClNO3/c1-11-6-8-15(9-7-11)19-16(20)12(2)22-17(21)13-4-3-5-14(18)10-13/h3-10,12H,1-2H3,(H,19,20). The van der Waals surface area contributed by atoms with E-state index in [1.165, 1.54) is 13.0 Å². The van der Waals surface area contributed by atoms with Gasteiger partial charge in [-0.05, 0) is 44.2 Å². The molecule has 4 nitrogen and oxygen atoms in total. The molecule has 2 aromatic carbocycles. The van der Waals surface area contributed by atoms with Gasteiger partial charge in [-0.2, -0.15) is 0 Å². The van der Waals surface area contributed by atoms with Crippen molar-refractivity contribution in [2.75, 3.05) is 5.32 Å². The van der Waals surface area contributed by atoms with Crippen LogP contribution in [-0.4, -0.2) is 18.0 Å². The van der Waals surface area contributed by atoms with Crippen LogP contribution >= 0.6 is 11.6 Å². The Balaban J connectivity index is 1.96. The van der Waals surface area contributed by atoms with Crippen LogP contribution in [0.25, 0.3) is 0 Å². The first-order valence-electron chi connectivity index (χ1n) is 6.80. The minimum atomic E-state index is -0.909. The molecule has 1 amide bonds. The number of carbonyl (C=O) groups is 2. The number of anilines is 1. The van der Waals surface area contributed by atoms with E-state index in [0.29, 0.717) is 16.3 Å². The number of halogens is 1. The molecule has 1 N–H and O–H groups in total. The summed E-state index contributed by atoms with van der Waals surface area (Å²) < 4.78 is 5.14. The monoisotopic (exact) mass is 317 g/mol. The van der Waals surface area contributed by atoms with Crippen LogP contribution in [0, 0.1) is 6.92 Å². The van der Waals surface area contributed by atoms with E-state index in [9.17, 15) is 9.59 Å². The van der Waals surface area contributed by atoms with E-state index in [-0.39, 0.29) is 5.91 Å². The number of hydrogen-bond donors (Lipinski definition) is 1. The van der Waals surface area contributed by atoms with Gasteiger partial charge >= 0.3 is 5.97 Å². The van der Waals surface area contributed by atoms with Crippen molar-refractivity contribution in [1.29, 1.82) is 0 Å². The summed E-state index contributed by atoms with van der Waals surface area (Å²) in [5.74, 6) is -0.978. The predicted molar refractivity (Wildman–Crippen MR) is 86.1 cm³/mol. The second-order valence-electron chi connectivity index (χ2n) is 4.91. The number of hydrogen-bond acceptors (Lipinski definition) is 3. The van der Waals surface area contributed by atoms with E-state index >= 15 is 0 Å². The fraction of sp³-hybridized carbons (Fsp3) is 0.176. The van der Waals surface area contributed by atoms with Crippen molar-refractivity contribution < 1.29 is 14.3 Å². The number of benzene rings is 2. The van der Waals surface area contributed by atoms with Gasteiger partial charge in [-0.1, -0.05) is 35.4 Å². The van der Waals surface area contributed by atoms with Crippen molar-refractivity contribution >= 4 is 29.2 Å². The van der Waals surface area contributed by atoms with Gasteiger partial charge in [0.05, 0.1) is 5.56 Å². The van der Waals surface area contributed by atoms with Crippen LogP contribution in [0.2, 0.25) is 5.02 Å². The van der Waals surface area contributed by atoms with E-state index in [1.54, 1.807) is 30.3 Å². The summed E-state index contributed by atoms with van der Waals surface area (Å²) in [6, 6.07) is 13.7. The molecule has 0 saturated heterocycles. The Labute approximate surface area is 134 Å². The number of amides is 1. The summed E-state index contributed by atoms with van der Waals surface area (Å²) in [6.45, 7) is 3.48. The SMILES string of the molecule is Cc1ccc(NC(=O)C(C)OC(=O)c2cccc(Cl)c2)cc1. The molecule has 1 unspecified atom stereocenters. The fourth-order valence-electron chi connectivity index (χ4n) is 1.78. The Morgan fingerprint density at radius 1 is 1.14 bits per heavy atom. The Bertz CT molecular complexity index is 683. The van der Waals surface area contributed by atoms with Gasteiger partial charge in [0.1, 0.15) is 0 Å². The first-order chi connectivity index (χ1) is 10.5. The molecular weight excluding hydrogens is 302 g/mol. The van der Waals surface area contributed by atoms with Gasteiger partial charge in [-0.15, -0.1) is 0 Å². The minimum Gasteiger partial charge on any atom is -0.449 e. The maximum absolute atomic E-state index is 12.0. The lowest BCUT2D eigenvalue weighted by Crippen LogP contribution is -2.30. The Morgan fingerprint density at radius 2 is 1.82 bits per heavy atom. The zero-order valence-corrected chi connectivity index (χ0v) is 13.1. The summed E-state index contributed by atoms with van der Waals surface area (Å²) in [7, 11) is 0. The summed E-state index contributed by atoms with van der Waals surface area (Å²) >= 11 is 5.82. The second kappa shape index (κ2) is 7.09. The van der Waals surface area contributed by atoms with Gasteiger partial charge in [0, 0.05) is 10.7 Å². The molecule has 2 aromatic rings. The molecule has 0 spiro atoms. The third-order valence-electron chi connectivity index (χ3n) is 3.03. The van der Waals surface area contributed by atoms with Gasteiger partial charge in [-0.3, -0.25) is 4.79 Å². The molecule has 0 heterocycles. The fourth-order valence-corrected chi connectivity index (χ4v) is 1.97. The van der Waals surface area contributed by atoms with E-state index in [1.807, 2.05) is 19.1 Å². The number of carbonyl (C=O) groups excluding carboxylic acids is 2. The van der Waals surface area contributed by atoms with Crippen LogP contribution in [0.4, 0.5) is 5.69 Å². The lowest BCUT2D eigenvalue weighted by atomic mass is 10.2. The van der Waals surface area contributed by atoms with Crippen molar-refractivity contribution in [2.45, 2.75) is 20.0 Å². The third-order valence-corrected chi connectivity index (χ3v) is 3.27. The van der Waals surface area contributed by atoms with Crippen molar-refractivity contribution in [2.24, 2.45) is 0 Å².